The predicted molar refractivity (Wildman–Crippen MR) is 130 cm³/mol. The van der Waals surface area contributed by atoms with Crippen LogP contribution in [0.15, 0.2) is 60.7 Å². The van der Waals surface area contributed by atoms with E-state index in [1.54, 1.807) is 4.90 Å². The summed E-state index contributed by atoms with van der Waals surface area (Å²) in [4.78, 5) is 31.0. The van der Waals surface area contributed by atoms with Crippen molar-refractivity contribution in [2.75, 3.05) is 50.1 Å². The molecular formula is C25H27N3O3S. The van der Waals surface area contributed by atoms with Gasteiger partial charge in [0.25, 0.3) is 5.91 Å². The van der Waals surface area contributed by atoms with Crippen LogP contribution in [0.1, 0.15) is 15.9 Å². The molecule has 0 atom stereocenters. The number of carbonyl (C=O) groups excluding carboxylic acids is 2. The number of hydrogen-bond acceptors (Lipinski definition) is 5. The van der Waals surface area contributed by atoms with Crippen LogP contribution >= 0.6 is 11.3 Å². The number of rotatable bonds is 6. The van der Waals surface area contributed by atoms with Gasteiger partial charge in [0.1, 0.15) is 5.00 Å². The molecule has 6 nitrogen and oxygen atoms in total. The van der Waals surface area contributed by atoms with Gasteiger partial charge in [-0.1, -0.05) is 48.5 Å². The van der Waals surface area contributed by atoms with E-state index in [-0.39, 0.29) is 18.4 Å². The van der Waals surface area contributed by atoms with Crippen LogP contribution in [0.25, 0.3) is 10.4 Å². The van der Waals surface area contributed by atoms with Crippen LogP contribution in [-0.4, -0.2) is 56.6 Å². The molecule has 2 heterocycles. The Labute approximate surface area is 192 Å². The number of amides is 2. The summed E-state index contributed by atoms with van der Waals surface area (Å²) in [6, 6.07) is 19.7. The van der Waals surface area contributed by atoms with Crippen molar-refractivity contribution in [1.82, 2.24) is 4.90 Å². The Bertz CT molecular complexity index is 1080. The third kappa shape index (κ3) is 4.84. The molecule has 166 valence electrons. The van der Waals surface area contributed by atoms with Crippen LogP contribution in [0.5, 0.6) is 0 Å². The number of hydrogen-bond donors (Lipinski definition) is 1. The summed E-state index contributed by atoms with van der Waals surface area (Å²) in [6.07, 6.45) is 0. The van der Waals surface area contributed by atoms with Crippen molar-refractivity contribution >= 4 is 33.8 Å². The standard InChI is InChI=1S/C25H27N3O3S/c1-18-22(25(30)28-13-15-31-16-14-28)24(32-23(18)19-9-5-3-6-10-19)26-21(29)17-27(2)20-11-7-4-8-12-20/h3-12H,13-17H2,1-2H3,(H,26,29). The van der Waals surface area contributed by atoms with Crippen molar-refractivity contribution in [2.45, 2.75) is 6.92 Å². The van der Waals surface area contributed by atoms with E-state index in [4.69, 9.17) is 4.74 Å². The monoisotopic (exact) mass is 449 g/mol. The van der Waals surface area contributed by atoms with Gasteiger partial charge in [-0.2, -0.15) is 0 Å². The van der Waals surface area contributed by atoms with Gasteiger partial charge in [-0.05, 0) is 30.2 Å². The van der Waals surface area contributed by atoms with Crippen molar-refractivity contribution < 1.29 is 14.3 Å². The van der Waals surface area contributed by atoms with Crippen LogP contribution in [0.3, 0.4) is 0 Å². The van der Waals surface area contributed by atoms with E-state index in [2.05, 4.69) is 5.32 Å². The SMILES string of the molecule is Cc1c(-c2ccccc2)sc(NC(=O)CN(C)c2ccccc2)c1C(=O)N1CCOCC1. The number of nitrogens with one attached hydrogen (secondary N) is 1. The van der Waals surface area contributed by atoms with Gasteiger partial charge in [-0.3, -0.25) is 9.59 Å². The summed E-state index contributed by atoms with van der Waals surface area (Å²) >= 11 is 1.45. The Hall–Kier alpha value is -3.16. The maximum Gasteiger partial charge on any atom is 0.257 e. The lowest BCUT2D eigenvalue weighted by Gasteiger charge is -2.27. The first-order chi connectivity index (χ1) is 15.5. The van der Waals surface area contributed by atoms with Gasteiger partial charge < -0.3 is 19.9 Å². The fourth-order valence-electron chi connectivity index (χ4n) is 3.80. The minimum Gasteiger partial charge on any atom is -0.378 e. The van der Waals surface area contributed by atoms with Gasteiger partial charge in [0.15, 0.2) is 0 Å². The average molecular weight is 450 g/mol. The molecule has 1 fully saturated rings. The molecule has 32 heavy (non-hydrogen) atoms. The zero-order valence-electron chi connectivity index (χ0n) is 18.3. The van der Waals surface area contributed by atoms with Gasteiger partial charge in [0.05, 0.1) is 25.3 Å². The Balaban J connectivity index is 1.62. The molecule has 0 bridgehead atoms. The van der Waals surface area contributed by atoms with Crippen molar-refractivity contribution in [3.8, 4) is 10.4 Å². The van der Waals surface area contributed by atoms with Crippen molar-refractivity contribution in [2.24, 2.45) is 0 Å². The minimum atomic E-state index is -0.159. The van der Waals surface area contributed by atoms with E-state index in [9.17, 15) is 9.59 Å². The van der Waals surface area contributed by atoms with Gasteiger partial charge >= 0.3 is 0 Å². The Kier molecular flexibility index (Phi) is 6.87. The maximum absolute atomic E-state index is 13.4. The second-order valence-corrected chi connectivity index (χ2v) is 8.79. The first kappa shape index (κ1) is 22.0. The van der Waals surface area contributed by atoms with Gasteiger partial charge in [-0.25, -0.2) is 0 Å². The molecule has 7 heteroatoms. The van der Waals surface area contributed by atoms with Crippen LogP contribution in [0.2, 0.25) is 0 Å². The third-order valence-electron chi connectivity index (χ3n) is 5.53. The van der Waals surface area contributed by atoms with Gasteiger partial charge in [0.2, 0.25) is 5.91 Å². The molecule has 0 saturated carbocycles. The van der Waals surface area contributed by atoms with E-state index < -0.39 is 0 Å². The number of thiophene rings is 1. The molecule has 1 saturated heterocycles. The van der Waals surface area contributed by atoms with E-state index in [1.165, 1.54) is 11.3 Å². The zero-order chi connectivity index (χ0) is 22.5. The summed E-state index contributed by atoms with van der Waals surface area (Å²) in [7, 11) is 1.88. The lowest BCUT2D eigenvalue weighted by molar-refractivity contribution is -0.114. The number of nitrogens with zero attached hydrogens (tertiary/aromatic N) is 2. The highest BCUT2D eigenvalue weighted by Crippen LogP contribution is 2.40. The first-order valence-electron chi connectivity index (χ1n) is 10.7. The zero-order valence-corrected chi connectivity index (χ0v) is 19.2. The molecular weight excluding hydrogens is 422 g/mol. The third-order valence-corrected chi connectivity index (χ3v) is 6.78. The first-order valence-corrected chi connectivity index (χ1v) is 11.5. The summed E-state index contributed by atoms with van der Waals surface area (Å²) in [6.45, 7) is 4.32. The van der Waals surface area contributed by atoms with Crippen LogP contribution in [-0.2, 0) is 9.53 Å². The Morgan fingerprint density at radius 3 is 2.31 bits per heavy atom. The number of ether oxygens (including phenoxy) is 1. The van der Waals surface area contributed by atoms with Crippen LogP contribution in [0.4, 0.5) is 10.7 Å². The highest BCUT2D eigenvalue weighted by Gasteiger charge is 2.28. The molecule has 4 rings (SSSR count). The molecule has 0 spiro atoms. The lowest BCUT2D eigenvalue weighted by Crippen LogP contribution is -2.41. The Morgan fingerprint density at radius 2 is 1.66 bits per heavy atom. The maximum atomic E-state index is 13.4. The number of anilines is 2. The van der Waals surface area contributed by atoms with E-state index in [0.29, 0.717) is 36.9 Å². The highest BCUT2D eigenvalue weighted by atomic mass is 32.1. The second kappa shape index (κ2) is 9.97. The molecule has 1 aliphatic rings. The van der Waals surface area contributed by atoms with Crippen LogP contribution < -0.4 is 10.2 Å². The number of carbonyl (C=O) groups is 2. The smallest absolute Gasteiger partial charge is 0.257 e. The lowest BCUT2D eigenvalue weighted by atomic mass is 10.1. The largest absolute Gasteiger partial charge is 0.378 e. The molecule has 1 aromatic heterocycles. The molecule has 2 amide bonds. The minimum absolute atomic E-state index is 0.0593. The molecule has 2 aromatic carbocycles. The number of para-hydroxylation sites is 1. The highest BCUT2D eigenvalue weighted by molar-refractivity contribution is 7.20. The second-order valence-electron chi connectivity index (χ2n) is 7.77. The topological polar surface area (TPSA) is 61.9 Å². The summed E-state index contributed by atoms with van der Waals surface area (Å²) < 4.78 is 5.40. The van der Waals surface area contributed by atoms with Crippen molar-refractivity contribution in [3.05, 3.63) is 71.8 Å². The van der Waals surface area contributed by atoms with Crippen molar-refractivity contribution in [1.29, 1.82) is 0 Å². The Morgan fingerprint density at radius 1 is 1.03 bits per heavy atom. The van der Waals surface area contributed by atoms with Crippen molar-refractivity contribution in [3.63, 3.8) is 0 Å². The van der Waals surface area contributed by atoms with E-state index in [1.807, 2.05) is 79.5 Å². The molecule has 0 radical (unpaired) electrons. The van der Waals surface area contributed by atoms with Crippen LogP contribution in [0, 0.1) is 6.92 Å². The van der Waals surface area contributed by atoms with Gasteiger partial charge in [0, 0.05) is 30.7 Å². The van der Waals surface area contributed by atoms with E-state index >= 15 is 0 Å². The normalized spacial score (nSPS) is 13.6. The predicted octanol–water partition coefficient (Wildman–Crippen LogP) is 4.27. The molecule has 0 unspecified atom stereocenters. The summed E-state index contributed by atoms with van der Waals surface area (Å²) in [5, 5.41) is 3.62. The average Bonchev–Trinajstić information content (AvgIpc) is 3.15. The fraction of sp³-hybridized carbons (Fsp3) is 0.280. The van der Waals surface area contributed by atoms with E-state index in [0.717, 1.165) is 21.7 Å². The molecule has 0 aliphatic carbocycles. The quantitative estimate of drug-likeness (QED) is 0.611. The summed E-state index contributed by atoms with van der Waals surface area (Å²) in [5.41, 5.74) is 3.46. The fourth-order valence-corrected chi connectivity index (χ4v) is 5.02. The number of benzene rings is 2. The number of likely N-dealkylation sites (N-methyl/N-ethyl adjacent to an activating group) is 1. The summed E-state index contributed by atoms with van der Waals surface area (Å²) in [5.74, 6) is -0.218. The molecule has 3 aromatic rings. The number of morpholine rings is 1. The van der Waals surface area contributed by atoms with Gasteiger partial charge in [-0.15, -0.1) is 11.3 Å². The molecule has 1 N–H and O–H groups in total. The molecule has 1 aliphatic heterocycles.